The number of halogens is 1. The van der Waals surface area contributed by atoms with Crippen LogP contribution in [-0.2, 0) is 11.2 Å². The first-order chi connectivity index (χ1) is 9.56. The first-order valence-electron chi connectivity index (χ1n) is 6.49. The molecule has 4 heteroatoms. The van der Waals surface area contributed by atoms with E-state index in [0.29, 0.717) is 11.4 Å². The fourth-order valence-corrected chi connectivity index (χ4v) is 2.93. The molecule has 2 aromatic carbocycles. The third kappa shape index (κ3) is 2.19. The number of anilines is 1. The van der Waals surface area contributed by atoms with Gasteiger partial charge in [-0.15, -0.1) is 0 Å². The second-order valence-corrected chi connectivity index (χ2v) is 5.52. The smallest absolute Gasteiger partial charge is 0.228 e. The van der Waals surface area contributed by atoms with Gasteiger partial charge in [-0.25, -0.2) is 0 Å². The summed E-state index contributed by atoms with van der Waals surface area (Å²) in [5.41, 5.74) is 11.2. The number of benzene rings is 2. The molecule has 3 rings (SSSR count). The Morgan fingerprint density at radius 2 is 2.00 bits per heavy atom. The highest BCUT2D eigenvalue weighted by Crippen LogP contribution is 2.36. The molecule has 1 unspecified atom stereocenters. The summed E-state index contributed by atoms with van der Waals surface area (Å²) in [5.74, 6) is -0.0134. The molecule has 2 aromatic rings. The van der Waals surface area contributed by atoms with Crippen molar-refractivity contribution in [2.24, 2.45) is 5.73 Å². The third-order valence-corrected chi connectivity index (χ3v) is 3.91. The zero-order valence-corrected chi connectivity index (χ0v) is 11.9. The van der Waals surface area contributed by atoms with Crippen molar-refractivity contribution in [2.75, 3.05) is 5.32 Å². The Balaban J connectivity index is 2.12. The van der Waals surface area contributed by atoms with E-state index >= 15 is 0 Å². The second kappa shape index (κ2) is 4.93. The number of nitrogens with two attached hydrogens (primary N) is 1. The summed E-state index contributed by atoms with van der Waals surface area (Å²) in [5, 5.41) is 3.50. The van der Waals surface area contributed by atoms with Crippen LogP contribution in [0.4, 0.5) is 5.69 Å². The van der Waals surface area contributed by atoms with Gasteiger partial charge in [0.25, 0.3) is 0 Å². The number of aryl methyl sites for hydroxylation is 1. The molecule has 0 aliphatic carbocycles. The summed E-state index contributed by atoms with van der Waals surface area (Å²) in [4.78, 5) is 11.6. The molecule has 1 atom stereocenters. The molecule has 0 aromatic heterocycles. The van der Waals surface area contributed by atoms with E-state index in [1.54, 1.807) is 0 Å². The maximum atomic E-state index is 11.6. The highest BCUT2D eigenvalue weighted by atomic mass is 35.5. The Kier molecular flexibility index (Phi) is 3.24. The number of carbonyl (C=O) groups excluding carboxylic acids is 1. The zero-order valence-electron chi connectivity index (χ0n) is 11.1. The van der Waals surface area contributed by atoms with E-state index < -0.39 is 0 Å². The number of hydrogen-bond acceptors (Lipinski definition) is 2. The average Bonchev–Trinajstić information content (AvgIpc) is 2.77. The van der Waals surface area contributed by atoms with E-state index in [0.717, 1.165) is 27.9 Å². The molecule has 0 saturated heterocycles. The molecule has 3 N–H and O–H groups in total. The monoisotopic (exact) mass is 286 g/mol. The second-order valence-electron chi connectivity index (χ2n) is 5.09. The molecule has 1 heterocycles. The fourth-order valence-electron chi connectivity index (χ4n) is 2.68. The largest absolute Gasteiger partial charge is 0.325 e. The predicted molar refractivity (Wildman–Crippen MR) is 81.0 cm³/mol. The molecule has 20 heavy (non-hydrogen) atoms. The van der Waals surface area contributed by atoms with Crippen molar-refractivity contribution in [1.29, 1.82) is 0 Å². The maximum absolute atomic E-state index is 11.6. The predicted octanol–water partition coefficient (Wildman–Crippen LogP) is 3.19. The Bertz CT molecular complexity index is 697. The van der Waals surface area contributed by atoms with E-state index in [1.165, 1.54) is 0 Å². The molecule has 0 bridgehead atoms. The highest BCUT2D eigenvalue weighted by Gasteiger charge is 2.25. The topological polar surface area (TPSA) is 55.1 Å². The standard InChI is InChI=1S/C16H15ClN2O/c1-9-4-2-3-5-12(9)15(18)13-8-11(17)6-10-7-14(20)19-16(10)13/h2-6,8,15H,7,18H2,1H3,(H,19,20). The molecule has 1 aliphatic rings. The van der Waals surface area contributed by atoms with E-state index in [2.05, 4.69) is 5.32 Å². The molecule has 0 radical (unpaired) electrons. The van der Waals surface area contributed by atoms with Crippen LogP contribution in [-0.4, -0.2) is 5.91 Å². The number of nitrogens with one attached hydrogen (secondary N) is 1. The van der Waals surface area contributed by atoms with Crippen LogP contribution in [0, 0.1) is 6.92 Å². The van der Waals surface area contributed by atoms with Crippen LogP contribution in [0.2, 0.25) is 5.02 Å². The lowest BCUT2D eigenvalue weighted by atomic mass is 9.93. The Labute approximate surface area is 122 Å². The maximum Gasteiger partial charge on any atom is 0.228 e. The van der Waals surface area contributed by atoms with Crippen molar-refractivity contribution in [1.82, 2.24) is 0 Å². The zero-order chi connectivity index (χ0) is 14.3. The minimum absolute atomic E-state index is 0.0134. The number of amides is 1. The summed E-state index contributed by atoms with van der Waals surface area (Å²) in [6.45, 7) is 2.03. The number of fused-ring (bicyclic) bond motifs is 1. The van der Waals surface area contributed by atoms with E-state index in [4.69, 9.17) is 17.3 Å². The van der Waals surface area contributed by atoms with Gasteiger partial charge in [0, 0.05) is 10.7 Å². The van der Waals surface area contributed by atoms with Crippen LogP contribution in [0.3, 0.4) is 0 Å². The third-order valence-electron chi connectivity index (χ3n) is 3.69. The van der Waals surface area contributed by atoms with Crippen LogP contribution in [0.15, 0.2) is 36.4 Å². The van der Waals surface area contributed by atoms with E-state index in [-0.39, 0.29) is 11.9 Å². The summed E-state index contributed by atoms with van der Waals surface area (Å²) in [7, 11) is 0. The van der Waals surface area contributed by atoms with Crippen molar-refractivity contribution < 1.29 is 4.79 Å². The molecular formula is C16H15ClN2O. The number of rotatable bonds is 2. The molecule has 0 fully saturated rings. The van der Waals surface area contributed by atoms with Gasteiger partial charge in [0.2, 0.25) is 5.91 Å². The van der Waals surface area contributed by atoms with Crippen LogP contribution < -0.4 is 11.1 Å². The van der Waals surface area contributed by atoms with E-state index in [1.807, 2.05) is 43.3 Å². The highest BCUT2D eigenvalue weighted by molar-refractivity contribution is 6.31. The van der Waals surface area contributed by atoms with Gasteiger partial charge < -0.3 is 11.1 Å². The van der Waals surface area contributed by atoms with Crippen molar-refractivity contribution in [3.63, 3.8) is 0 Å². The van der Waals surface area contributed by atoms with Gasteiger partial charge in [-0.05, 0) is 41.3 Å². The van der Waals surface area contributed by atoms with Gasteiger partial charge >= 0.3 is 0 Å². The normalized spacial score (nSPS) is 14.8. The van der Waals surface area contributed by atoms with Crippen molar-refractivity contribution in [3.8, 4) is 0 Å². The SMILES string of the molecule is Cc1ccccc1C(N)c1cc(Cl)cc2c1NC(=O)C2. The average molecular weight is 287 g/mol. The van der Waals surface area contributed by atoms with Gasteiger partial charge in [-0.3, -0.25) is 4.79 Å². The Hall–Kier alpha value is -1.84. The van der Waals surface area contributed by atoms with Crippen LogP contribution in [0.1, 0.15) is 28.3 Å². The van der Waals surface area contributed by atoms with E-state index in [9.17, 15) is 4.79 Å². The van der Waals surface area contributed by atoms with Gasteiger partial charge in [0.05, 0.1) is 12.5 Å². The summed E-state index contributed by atoms with van der Waals surface area (Å²) >= 11 is 6.15. The Morgan fingerprint density at radius 1 is 1.25 bits per heavy atom. The summed E-state index contributed by atoms with van der Waals surface area (Å²) in [6, 6.07) is 11.3. The van der Waals surface area contributed by atoms with Crippen molar-refractivity contribution >= 4 is 23.2 Å². The lowest BCUT2D eigenvalue weighted by Crippen LogP contribution is -2.15. The lowest BCUT2D eigenvalue weighted by Gasteiger charge is -2.18. The molecule has 3 nitrogen and oxygen atoms in total. The molecular weight excluding hydrogens is 272 g/mol. The van der Waals surface area contributed by atoms with Gasteiger partial charge in [0.1, 0.15) is 0 Å². The van der Waals surface area contributed by atoms with Gasteiger partial charge in [-0.1, -0.05) is 35.9 Å². The fraction of sp³-hybridized carbons (Fsp3) is 0.188. The lowest BCUT2D eigenvalue weighted by molar-refractivity contribution is -0.115. The minimum atomic E-state index is -0.304. The van der Waals surface area contributed by atoms with Crippen LogP contribution >= 0.6 is 11.6 Å². The quantitative estimate of drug-likeness (QED) is 0.891. The molecule has 0 saturated carbocycles. The van der Waals surface area contributed by atoms with Crippen molar-refractivity contribution in [3.05, 3.63) is 63.7 Å². The number of hydrogen-bond donors (Lipinski definition) is 2. The Morgan fingerprint density at radius 3 is 2.75 bits per heavy atom. The van der Waals surface area contributed by atoms with Crippen molar-refractivity contribution in [2.45, 2.75) is 19.4 Å². The summed E-state index contributed by atoms with van der Waals surface area (Å²) < 4.78 is 0. The summed E-state index contributed by atoms with van der Waals surface area (Å²) in [6.07, 6.45) is 0.364. The molecule has 102 valence electrons. The molecule has 1 amide bonds. The first-order valence-corrected chi connectivity index (χ1v) is 6.87. The number of carbonyl (C=O) groups is 1. The minimum Gasteiger partial charge on any atom is -0.325 e. The van der Waals surface area contributed by atoms with Crippen LogP contribution in [0.5, 0.6) is 0 Å². The van der Waals surface area contributed by atoms with Gasteiger partial charge in [-0.2, -0.15) is 0 Å². The molecule has 0 spiro atoms. The van der Waals surface area contributed by atoms with Crippen LogP contribution in [0.25, 0.3) is 0 Å². The first kappa shape index (κ1) is 13.2. The van der Waals surface area contributed by atoms with Gasteiger partial charge in [0.15, 0.2) is 0 Å². The molecule has 1 aliphatic heterocycles.